The Morgan fingerprint density at radius 2 is 2.18 bits per heavy atom. The lowest BCUT2D eigenvalue weighted by Crippen LogP contribution is -1.84. The molecule has 1 aromatic rings. The number of hydrogen-bond donors (Lipinski definition) is 2. The molecule has 0 unspecified atom stereocenters. The summed E-state index contributed by atoms with van der Waals surface area (Å²) in [5.41, 5.74) is 5.17. The van der Waals surface area contributed by atoms with Crippen LogP contribution in [0.2, 0.25) is 5.02 Å². The Hall–Kier alpha value is -1.29. The number of nitroso groups, excluding NO2 is 1. The first-order chi connectivity index (χ1) is 5.15. The zero-order valence-electron chi connectivity index (χ0n) is 5.41. The minimum atomic E-state index is -0.329. The number of hydrogen-bond acceptors (Lipinski definition) is 4. The summed E-state index contributed by atoms with van der Waals surface area (Å²) in [7, 11) is 0. The summed E-state index contributed by atoms with van der Waals surface area (Å²) in [5, 5.41) is 11.8. The normalized spacial score (nSPS) is 9.55. The molecule has 0 radical (unpaired) electrons. The number of halogens is 1. The fraction of sp³-hybridized carbons (Fsp3) is 0. The maximum atomic E-state index is 10.0. The van der Waals surface area contributed by atoms with Crippen LogP contribution in [0.25, 0.3) is 0 Å². The second kappa shape index (κ2) is 2.75. The van der Waals surface area contributed by atoms with E-state index >= 15 is 0 Å². The van der Waals surface area contributed by atoms with E-state index in [1.54, 1.807) is 0 Å². The molecule has 3 N–H and O–H groups in total. The highest BCUT2D eigenvalue weighted by Gasteiger charge is 2.06. The maximum absolute atomic E-state index is 10.0. The molecule has 0 heterocycles. The third-order valence-corrected chi connectivity index (χ3v) is 1.40. The fourth-order valence-corrected chi connectivity index (χ4v) is 0.896. The van der Waals surface area contributed by atoms with Gasteiger partial charge in [0.05, 0.1) is 5.69 Å². The van der Waals surface area contributed by atoms with Crippen molar-refractivity contribution in [1.82, 2.24) is 0 Å². The SMILES string of the molecule is Nc1cc(Cl)cc(N=O)c1O. The molecule has 0 amide bonds. The highest BCUT2D eigenvalue weighted by Crippen LogP contribution is 2.35. The van der Waals surface area contributed by atoms with Crippen molar-refractivity contribution in [2.45, 2.75) is 0 Å². The number of phenols is 1. The van der Waals surface area contributed by atoms with Gasteiger partial charge < -0.3 is 10.8 Å². The van der Waals surface area contributed by atoms with Crippen molar-refractivity contribution >= 4 is 23.0 Å². The molecule has 5 heteroatoms. The zero-order chi connectivity index (χ0) is 8.43. The summed E-state index contributed by atoms with van der Waals surface area (Å²) >= 11 is 5.51. The van der Waals surface area contributed by atoms with Crippen molar-refractivity contribution in [2.75, 3.05) is 5.73 Å². The van der Waals surface area contributed by atoms with E-state index in [-0.39, 0.29) is 22.1 Å². The topological polar surface area (TPSA) is 75.7 Å². The molecule has 0 saturated carbocycles. The first-order valence-electron chi connectivity index (χ1n) is 2.76. The van der Waals surface area contributed by atoms with E-state index < -0.39 is 0 Å². The van der Waals surface area contributed by atoms with Crippen LogP contribution in [-0.2, 0) is 0 Å². The number of anilines is 1. The molecule has 58 valence electrons. The van der Waals surface area contributed by atoms with Gasteiger partial charge in [-0.15, -0.1) is 4.91 Å². The largest absolute Gasteiger partial charge is 0.504 e. The smallest absolute Gasteiger partial charge is 0.168 e. The van der Waals surface area contributed by atoms with Gasteiger partial charge in [-0.1, -0.05) is 11.6 Å². The second-order valence-corrected chi connectivity index (χ2v) is 2.39. The number of aromatic hydroxyl groups is 1. The van der Waals surface area contributed by atoms with Gasteiger partial charge in [0.1, 0.15) is 0 Å². The first kappa shape index (κ1) is 7.81. The first-order valence-corrected chi connectivity index (χ1v) is 3.14. The molecule has 0 spiro atoms. The van der Waals surface area contributed by atoms with Crippen LogP contribution in [-0.4, -0.2) is 5.11 Å². The van der Waals surface area contributed by atoms with Gasteiger partial charge in [-0.2, -0.15) is 0 Å². The summed E-state index contributed by atoms with van der Waals surface area (Å²) < 4.78 is 0. The van der Waals surface area contributed by atoms with Crippen molar-refractivity contribution in [3.8, 4) is 5.75 Å². The molecule has 4 nitrogen and oxygen atoms in total. The number of phenolic OH excluding ortho intramolecular Hbond substituents is 1. The summed E-state index contributed by atoms with van der Waals surface area (Å²) in [6, 6.07) is 2.58. The molecule has 1 aromatic carbocycles. The van der Waals surface area contributed by atoms with Gasteiger partial charge >= 0.3 is 0 Å². The van der Waals surface area contributed by atoms with Gasteiger partial charge in [0.15, 0.2) is 11.4 Å². The van der Waals surface area contributed by atoms with Crippen LogP contribution in [0.15, 0.2) is 17.3 Å². The maximum Gasteiger partial charge on any atom is 0.168 e. The van der Waals surface area contributed by atoms with Crippen LogP contribution in [0.5, 0.6) is 5.75 Å². The van der Waals surface area contributed by atoms with Crippen molar-refractivity contribution in [1.29, 1.82) is 0 Å². The Labute approximate surface area is 67.6 Å². The Morgan fingerprint density at radius 1 is 1.55 bits per heavy atom. The Morgan fingerprint density at radius 3 is 2.73 bits per heavy atom. The Balaban J connectivity index is 3.35. The minimum absolute atomic E-state index is 0.0482. The van der Waals surface area contributed by atoms with Crippen LogP contribution < -0.4 is 5.73 Å². The highest BCUT2D eigenvalue weighted by molar-refractivity contribution is 6.31. The lowest BCUT2D eigenvalue weighted by atomic mass is 10.2. The minimum Gasteiger partial charge on any atom is -0.504 e. The molecule has 0 aliphatic rings. The van der Waals surface area contributed by atoms with E-state index in [2.05, 4.69) is 5.18 Å². The Bertz CT molecular complexity index is 301. The lowest BCUT2D eigenvalue weighted by Gasteiger charge is -1.99. The van der Waals surface area contributed by atoms with Gasteiger partial charge in [0.2, 0.25) is 0 Å². The van der Waals surface area contributed by atoms with Crippen molar-refractivity contribution in [3.63, 3.8) is 0 Å². The zero-order valence-corrected chi connectivity index (χ0v) is 6.17. The summed E-state index contributed by atoms with van der Waals surface area (Å²) in [5.74, 6) is -0.329. The van der Waals surface area contributed by atoms with E-state index in [9.17, 15) is 4.91 Å². The molecule has 0 fully saturated rings. The van der Waals surface area contributed by atoms with Gasteiger partial charge in [-0.3, -0.25) is 0 Å². The van der Waals surface area contributed by atoms with Crippen LogP contribution in [0.4, 0.5) is 11.4 Å². The van der Waals surface area contributed by atoms with Crippen LogP contribution in [0, 0.1) is 4.91 Å². The average molecular weight is 173 g/mol. The third-order valence-electron chi connectivity index (χ3n) is 1.18. The average Bonchev–Trinajstić information content (AvgIpc) is 1.96. The molecule has 0 aliphatic heterocycles. The molecule has 0 atom stereocenters. The molecular formula is C6H5ClN2O2. The molecule has 1 rings (SSSR count). The second-order valence-electron chi connectivity index (χ2n) is 1.95. The molecule has 0 bridgehead atoms. The van der Waals surface area contributed by atoms with E-state index in [0.717, 1.165) is 0 Å². The van der Waals surface area contributed by atoms with Crippen molar-refractivity contribution in [3.05, 3.63) is 22.1 Å². The Kier molecular flexibility index (Phi) is 1.96. The third kappa shape index (κ3) is 1.40. The number of benzene rings is 1. The number of nitrogen functional groups attached to an aromatic ring is 1. The van der Waals surface area contributed by atoms with Crippen LogP contribution >= 0.6 is 11.6 Å². The van der Waals surface area contributed by atoms with Gasteiger partial charge in [0, 0.05) is 5.02 Å². The van der Waals surface area contributed by atoms with E-state index in [4.69, 9.17) is 22.4 Å². The number of nitrogens with zero attached hydrogens (tertiary/aromatic N) is 1. The van der Waals surface area contributed by atoms with Crippen molar-refractivity contribution in [2.24, 2.45) is 5.18 Å². The van der Waals surface area contributed by atoms with Crippen LogP contribution in [0.3, 0.4) is 0 Å². The predicted octanol–water partition coefficient (Wildman–Crippen LogP) is 2.03. The van der Waals surface area contributed by atoms with Gasteiger partial charge in [-0.25, -0.2) is 0 Å². The van der Waals surface area contributed by atoms with Gasteiger partial charge in [0.25, 0.3) is 0 Å². The fourth-order valence-electron chi connectivity index (χ4n) is 0.675. The lowest BCUT2D eigenvalue weighted by molar-refractivity contribution is 0.479. The summed E-state index contributed by atoms with van der Waals surface area (Å²) in [6.07, 6.45) is 0. The molecular weight excluding hydrogens is 168 g/mol. The predicted molar refractivity (Wildman–Crippen MR) is 43.0 cm³/mol. The molecule has 0 aliphatic carbocycles. The van der Waals surface area contributed by atoms with Gasteiger partial charge in [-0.05, 0) is 17.3 Å². The van der Waals surface area contributed by atoms with E-state index in [1.165, 1.54) is 12.1 Å². The summed E-state index contributed by atoms with van der Waals surface area (Å²) in [6.45, 7) is 0. The number of nitrogens with two attached hydrogens (primary N) is 1. The highest BCUT2D eigenvalue weighted by atomic mass is 35.5. The van der Waals surface area contributed by atoms with Crippen LogP contribution in [0.1, 0.15) is 0 Å². The molecule has 0 aromatic heterocycles. The molecule has 11 heavy (non-hydrogen) atoms. The quantitative estimate of drug-likeness (QED) is 0.387. The van der Waals surface area contributed by atoms with E-state index in [0.29, 0.717) is 0 Å². The summed E-state index contributed by atoms with van der Waals surface area (Å²) in [4.78, 5) is 10.0. The van der Waals surface area contributed by atoms with E-state index in [1.807, 2.05) is 0 Å². The monoisotopic (exact) mass is 172 g/mol. The standard InChI is InChI=1S/C6H5ClN2O2/c7-3-1-4(8)6(10)5(2-3)9-11/h1-2,10H,8H2. The molecule has 0 saturated heterocycles. The number of rotatable bonds is 1. The van der Waals surface area contributed by atoms with Crippen molar-refractivity contribution < 1.29 is 5.11 Å².